The third kappa shape index (κ3) is 2.05. The molecule has 1 aromatic heterocycles. The number of hydrogen-bond acceptors (Lipinski definition) is 1. The van der Waals surface area contributed by atoms with Crippen LogP contribution in [0.1, 0.15) is 5.56 Å². The summed E-state index contributed by atoms with van der Waals surface area (Å²) in [5.74, 6) is 0. The van der Waals surface area contributed by atoms with Crippen LogP contribution in [0.2, 0.25) is 0 Å². The molecule has 30 heavy (non-hydrogen) atoms. The Morgan fingerprint density at radius 3 is 1.93 bits per heavy atom. The monoisotopic (exact) mass is 398 g/mol. The van der Waals surface area contributed by atoms with Gasteiger partial charge < -0.3 is 0 Å². The van der Waals surface area contributed by atoms with Gasteiger partial charge in [-0.3, -0.25) is 0 Å². The van der Waals surface area contributed by atoms with Crippen LogP contribution >= 0.6 is 11.3 Å². The molecule has 1 heteroatoms. The normalized spacial score (nSPS) is 12.2. The van der Waals surface area contributed by atoms with Crippen LogP contribution in [0.15, 0.2) is 91.0 Å². The lowest BCUT2D eigenvalue weighted by molar-refractivity contribution is 1.51. The van der Waals surface area contributed by atoms with Gasteiger partial charge in [0.15, 0.2) is 0 Å². The molecule has 7 aromatic rings. The average Bonchev–Trinajstić information content (AvgIpc) is 3.18. The molecule has 0 bridgehead atoms. The van der Waals surface area contributed by atoms with Gasteiger partial charge in [0.1, 0.15) is 0 Å². The van der Waals surface area contributed by atoms with Crippen molar-refractivity contribution in [1.29, 1.82) is 0 Å². The molecule has 0 aliphatic heterocycles. The molecule has 0 unspecified atom stereocenters. The van der Waals surface area contributed by atoms with Crippen molar-refractivity contribution in [2.45, 2.75) is 6.92 Å². The Morgan fingerprint density at radius 1 is 0.467 bits per heavy atom. The fraction of sp³-hybridized carbons (Fsp3) is 0.0345. The lowest BCUT2D eigenvalue weighted by atomic mass is 9.92. The van der Waals surface area contributed by atoms with Crippen molar-refractivity contribution in [2.24, 2.45) is 0 Å². The topological polar surface area (TPSA) is 0 Å². The zero-order valence-electron chi connectivity index (χ0n) is 16.6. The first-order valence-electron chi connectivity index (χ1n) is 10.4. The predicted molar refractivity (Wildman–Crippen MR) is 134 cm³/mol. The van der Waals surface area contributed by atoms with E-state index in [1.807, 2.05) is 11.3 Å². The Hall–Kier alpha value is -3.42. The Kier molecular flexibility index (Phi) is 3.17. The van der Waals surface area contributed by atoms with E-state index in [1.165, 1.54) is 68.8 Å². The summed E-state index contributed by atoms with van der Waals surface area (Å²) in [6.07, 6.45) is 0. The molecule has 0 atom stereocenters. The molecule has 0 aliphatic carbocycles. The van der Waals surface area contributed by atoms with Gasteiger partial charge in [0.2, 0.25) is 0 Å². The molecule has 140 valence electrons. The Labute approximate surface area is 178 Å². The van der Waals surface area contributed by atoms with Gasteiger partial charge in [-0.15, -0.1) is 11.3 Å². The summed E-state index contributed by atoms with van der Waals surface area (Å²) in [5, 5.41) is 13.5. The SMILES string of the molecule is Cc1ccc2c(c1)c1ccccc1c1ccc3c4ccc5ccccc5c4sc3c12. The van der Waals surface area contributed by atoms with E-state index in [2.05, 4.69) is 97.9 Å². The number of thiophene rings is 1. The smallest absolute Gasteiger partial charge is 0.0440 e. The zero-order chi connectivity index (χ0) is 19.8. The van der Waals surface area contributed by atoms with Crippen molar-refractivity contribution in [2.75, 3.05) is 0 Å². The summed E-state index contributed by atoms with van der Waals surface area (Å²) in [7, 11) is 0. The van der Waals surface area contributed by atoms with Crippen LogP contribution in [-0.2, 0) is 0 Å². The third-order valence-electron chi connectivity index (χ3n) is 6.48. The molecule has 0 aliphatic rings. The lowest BCUT2D eigenvalue weighted by Crippen LogP contribution is -1.84. The summed E-state index contributed by atoms with van der Waals surface area (Å²) in [6, 6.07) is 33.7. The first-order chi connectivity index (χ1) is 14.8. The Morgan fingerprint density at radius 2 is 1.07 bits per heavy atom. The molecule has 0 amide bonds. The van der Waals surface area contributed by atoms with Crippen LogP contribution in [0.4, 0.5) is 0 Å². The maximum absolute atomic E-state index is 2.35. The Balaban J connectivity index is 1.81. The second-order valence-electron chi connectivity index (χ2n) is 8.22. The van der Waals surface area contributed by atoms with Crippen LogP contribution in [0, 0.1) is 6.92 Å². The predicted octanol–water partition coefficient (Wildman–Crippen LogP) is 8.98. The maximum atomic E-state index is 2.35. The number of benzene rings is 6. The van der Waals surface area contributed by atoms with E-state index in [0.29, 0.717) is 0 Å². The van der Waals surface area contributed by atoms with Crippen molar-refractivity contribution in [3.8, 4) is 0 Å². The van der Waals surface area contributed by atoms with Gasteiger partial charge in [-0.25, -0.2) is 0 Å². The fourth-order valence-electron chi connectivity index (χ4n) is 5.11. The van der Waals surface area contributed by atoms with Crippen molar-refractivity contribution >= 4 is 74.6 Å². The van der Waals surface area contributed by atoms with Gasteiger partial charge >= 0.3 is 0 Å². The van der Waals surface area contributed by atoms with Crippen LogP contribution < -0.4 is 0 Å². The fourth-order valence-corrected chi connectivity index (χ4v) is 6.51. The van der Waals surface area contributed by atoms with Crippen LogP contribution in [0.5, 0.6) is 0 Å². The van der Waals surface area contributed by atoms with E-state index >= 15 is 0 Å². The minimum atomic E-state index is 1.31. The quantitative estimate of drug-likeness (QED) is 0.224. The summed E-state index contributed by atoms with van der Waals surface area (Å²) >= 11 is 1.95. The molecule has 0 fully saturated rings. The number of fused-ring (bicyclic) bond motifs is 12. The highest BCUT2D eigenvalue weighted by atomic mass is 32.1. The minimum Gasteiger partial charge on any atom is -0.134 e. The molecule has 0 saturated carbocycles. The highest BCUT2D eigenvalue weighted by Gasteiger charge is 2.15. The second-order valence-corrected chi connectivity index (χ2v) is 9.25. The number of rotatable bonds is 0. The minimum absolute atomic E-state index is 1.31. The highest BCUT2D eigenvalue weighted by molar-refractivity contribution is 7.27. The molecule has 1 heterocycles. The van der Waals surface area contributed by atoms with Crippen molar-refractivity contribution < 1.29 is 0 Å². The van der Waals surface area contributed by atoms with Crippen LogP contribution in [-0.4, -0.2) is 0 Å². The summed E-state index contributed by atoms with van der Waals surface area (Å²) in [4.78, 5) is 0. The summed E-state index contributed by atoms with van der Waals surface area (Å²) in [6.45, 7) is 2.19. The Bertz CT molecular complexity index is 1800. The van der Waals surface area contributed by atoms with E-state index in [9.17, 15) is 0 Å². The van der Waals surface area contributed by atoms with Gasteiger partial charge in [-0.1, -0.05) is 96.6 Å². The standard InChI is InChI=1S/C29H18S/c1-17-10-12-23-26(16-17)21-9-5-4-8-20(21)22-14-15-25-24-13-11-18-6-2-3-7-19(18)28(24)30-29(25)27(22)23/h2-16H,1H3. The largest absolute Gasteiger partial charge is 0.134 e. The first-order valence-corrected chi connectivity index (χ1v) is 11.2. The number of hydrogen-bond donors (Lipinski definition) is 0. The molecule has 0 saturated heterocycles. The van der Waals surface area contributed by atoms with E-state index in [1.54, 1.807) is 0 Å². The third-order valence-corrected chi connectivity index (χ3v) is 7.76. The van der Waals surface area contributed by atoms with Gasteiger partial charge in [-0.05, 0) is 44.6 Å². The molecule has 0 nitrogen and oxygen atoms in total. The number of aryl methyl sites for hydroxylation is 1. The van der Waals surface area contributed by atoms with Crippen LogP contribution in [0.3, 0.4) is 0 Å². The molecule has 0 radical (unpaired) electrons. The van der Waals surface area contributed by atoms with Gasteiger partial charge in [0.05, 0.1) is 0 Å². The summed E-state index contributed by atoms with van der Waals surface area (Å²) in [5.41, 5.74) is 1.31. The molecule has 0 N–H and O–H groups in total. The lowest BCUT2D eigenvalue weighted by Gasteiger charge is -2.12. The van der Waals surface area contributed by atoms with Crippen molar-refractivity contribution in [3.05, 3.63) is 96.6 Å². The summed E-state index contributed by atoms with van der Waals surface area (Å²) < 4.78 is 2.79. The average molecular weight is 399 g/mol. The molecular formula is C29H18S. The maximum Gasteiger partial charge on any atom is 0.0440 e. The van der Waals surface area contributed by atoms with Crippen LogP contribution in [0.25, 0.3) is 63.3 Å². The molecule has 6 aromatic carbocycles. The highest BCUT2D eigenvalue weighted by Crippen LogP contribution is 2.45. The van der Waals surface area contributed by atoms with Gasteiger partial charge in [-0.2, -0.15) is 0 Å². The van der Waals surface area contributed by atoms with E-state index in [4.69, 9.17) is 0 Å². The van der Waals surface area contributed by atoms with E-state index < -0.39 is 0 Å². The zero-order valence-corrected chi connectivity index (χ0v) is 17.4. The van der Waals surface area contributed by atoms with Crippen molar-refractivity contribution in [3.63, 3.8) is 0 Å². The van der Waals surface area contributed by atoms with Gasteiger partial charge in [0, 0.05) is 25.6 Å². The molecular weight excluding hydrogens is 380 g/mol. The van der Waals surface area contributed by atoms with Crippen molar-refractivity contribution in [1.82, 2.24) is 0 Å². The van der Waals surface area contributed by atoms with E-state index in [0.717, 1.165) is 0 Å². The first kappa shape index (κ1) is 16.4. The van der Waals surface area contributed by atoms with Gasteiger partial charge in [0.25, 0.3) is 0 Å². The molecule has 7 rings (SSSR count). The second kappa shape index (κ2) is 5.81. The van der Waals surface area contributed by atoms with E-state index in [-0.39, 0.29) is 0 Å². The molecule has 0 spiro atoms.